The maximum Gasteiger partial charge on any atom is 0.217 e. The second-order valence-electron chi connectivity index (χ2n) is 10.0. The molecule has 5 rings (SSSR count). The number of thioether (sulfide) groups is 1. The summed E-state index contributed by atoms with van der Waals surface area (Å²) >= 11 is 1.62. The Hall–Kier alpha value is -3.50. The molecule has 40 heavy (non-hydrogen) atoms. The molecule has 0 spiro atoms. The van der Waals surface area contributed by atoms with Crippen LogP contribution in [-0.4, -0.2) is 37.6 Å². The third-order valence-electron chi connectivity index (χ3n) is 7.21. The SMILES string of the molecule is CC(=O)NCc1ccccc1-c1ccc([C@@H]2O[C@H](CSc3nncn3C)[C@H](C)[C@H](c3ccc(CO)cc3)O2)cc1. The van der Waals surface area contributed by atoms with Crippen LogP contribution in [0.15, 0.2) is 84.3 Å². The fraction of sp³-hybridized carbons (Fsp3) is 0.323. The first-order chi connectivity index (χ1) is 19.4. The average Bonchev–Trinajstić information content (AvgIpc) is 3.40. The molecule has 3 aromatic carbocycles. The largest absolute Gasteiger partial charge is 0.392 e. The van der Waals surface area contributed by atoms with E-state index in [2.05, 4.69) is 40.6 Å². The van der Waals surface area contributed by atoms with E-state index in [4.69, 9.17) is 9.47 Å². The molecule has 1 saturated heterocycles. The molecule has 0 radical (unpaired) electrons. The number of benzene rings is 3. The second kappa shape index (κ2) is 12.8. The molecule has 1 aliphatic rings. The van der Waals surface area contributed by atoms with Gasteiger partial charge in [0.25, 0.3) is 0 Å². The number of aryl methyl sites for hydroxylation is 1. The lowest BCUT2D eigenvalue weighted by molar-refractivity contribution is -0.268. The van der Waals surface area contributed by atoms with E-state index in [1.165, 1.54) is 6.92 Å². The first-order valence-electron chi connectivity index (χ1n) is 13.3. The molecule has 1 amide bonds. The number of carbonyl (C=O) groups excluding carboxylic acids is 1. The van der Waals surface area contributed by atoms with E-state index in [1.54, 1.807) is 18.1 Å². The summed E-state index contributed by atoms with van der Waals surface area (Å²) in [6.07, 6.45) is 0.865. The van der Waals surface area contributed by atoms with Gasteiger partial charge in [0, 0.05) is 37.8 Å². The zero-order valence-corrected chi connectivity index (χ0v) is 23.7. The number of hydrogen-bond donors (Lipinski definition) is 2. The third-order valence-corrected chi connectivity index (χ3v) is 8.33. The molecule has 9 heteroatoms. The van der Waals surface area contributed by atoms with Crippen LogP contribution in [-0.2, 0) is 34.5 Å². The predicted molar refractivity (Wildman–Crippen MR) is 154 cm³/mol. The lowest BCUT2D eigenvalue weighted by Gasteiger charge is -2.41. The van der Waals surface area contributed by atoms with Gasteiger partial charge in [-0.3, -0.25) is 4.79 Å². The van der Waals surface area contributed by atoms with Crippen LogP contribution in [0.4, 0.5) is 0 Å². The van der Waals surface area contributed by atoms with Crippen molar-refractivity contribution in [3.05, 3.63) is 101 Å². The summed E-state index contributed by atoms with van der Waals surface area (Å²) in [5.74, 6) is 0.725. The normalized spacial score (nSPS) is 20.8. The molecule has 4 aromatic rings. The Labute approximate surface area is 238 Å². The van der Waals surface area contributed by atoms with Crippen LogP contribution >= 0.6 is 11.8 Å². The lowest BCUT2D eigenvalue weighted by atomic mass is 9.91. The third kappa shape index (κ3) is 6.45. The quantitative estimate of drug-likeness (QED) is 0.273. The molecule has 1 fully saturated rings. The number of aliphatic hydroxyl groups excluding tert-OH is 1. The number of aliphatic hydroxyl groups is 1. The number of carbonyl (C=O) groups is 1. The minimum Gasteiger partial charge on any atom is -0.392 e. The standard InChI is InChI=1S/C31H34N4O4S/c1-20-28(18-40-31-34-33-19-35(31)3)38-30(39-29(20)24-10-8-22(17-36)9-11-24)25-14-12-23(13-15-25)27-7-5-4-6-26(27)16-32-21(2)37/h4-15,19-20,28-30,36H,16-18H2,1-3H3,(H,32,37)/t20-,28+,29+,30+/m0/s1. The van der Waals surface area contributed by atoms with E-state index in [0.717, 1.165) is 38.5 Å². The smallest absolute Gasteiger partial charge is 0.217 e. The highest BCUT2D eigenvalue weighted by Gasteiger charge is 2.38. The monoisotopic (exact) mass is 558 g/mol. The molecule has 2 heterocycles. The number of amides is 1. The maximum atomic E-state index is 11.5. The first-order valence-corrected chi connectivity index (χ1v) is 14.3. The van der Waals surface area contributed by atoms with Crippen LogP contribution in [0.2, 0.25) is 0 Å². The molecular weight excluding hydrogens is 524 g/mol. The summed E-state index contributed by atoms with van der Waals surface area (Å²) in [5.41, 5.74) is 6.03. The predicted octanol–water partition coefficient (Wildman–Crippen LogP) is 5.19. The molecule has 2 N–H and O–H groups in total. The van der Waals surface area contributed by atoms with Gasteiger partial charge >= 0.3 is 0 Å². The van der Waals surface area contributed by atoms with Crippen molar-refractivity contribution in [2.45, 2.75) is 50.7 Å². The summed E-state index contributed by atoms with van der Waals surface area (Å²) in [4.78, 5) is 11.5. The van der Waals surface area contributed by atoms with Crippen LogP contribution in [0.5, 0.6) is 0 Å². The number of nitrogens with one attached hydrogen (secondary N) is 1. The van der Waals surface area contributed by atoms with E-state index >= 15 is 0 Å². The Bertz CT molecular complexity index is 1420. The molecule has 0 aliphatic carbocycles. The van der Waals surface area contributed by atoms with E-state index in [1.807, 2.05) is 66.2 Å². The van der Waals surface area contributed by atoms with Gasteiger partial charge in [0.2, 0.25) is 5.91 Å². The fourth-order valence-electron chi connectivity index (χ4n) is 4.87. The van der Waals surface area contributed by atoms with Crippen LogP contribution < -0.4 is 5.32 Å². The van der Waals surface area contributed by atoms with E-state index in [0.29, 0.717) is 12.3 Å². The van der Waals surface area contributed by atoms with Crippen molar-refractivity contribution in [1.29, 1.82) is 0 Å². The Morgan fingerprint density at radius 2 is 1.75 bits per heavy atom. The fourth-order valence-corrected chi connectivity index (χ4v) is 5.92. The highest BCUT2D eigenvalue weighted by atomic mass is 32.2. The van der Waals surface area contributed by atoms with Gasteiger partial charge in [-0.1, -0.05) is 91.5 Å². The van der Waals surface area contributed by atoms with Crippen molar-refractivity contribution in [1.82, 2.24) is 20.1 Å². The summed E-state index contributed by atoms with van der Waals surface area (Å²) in [6.45, 7) is 4.15. The van der Waals surface area contributed by atoms with Gasteiger partial charge in [0.05, 0.1) is 18.8 Å². The van der Waals surface area contributed by atoms with Crippen molar-refractivity contribution < 1.29 is 19.4 Å². The summed E-state index contributed by atoms with van der Waals surface area (Å²) in [7, 11) is 1.93. The molecule has 8 nitrogen and oxygen atoms in total. The second-order valence-corrected chi connectivity index (χ2v) is 11.0. The van der Waals surface area contributed by atoms with Crippen LogP contribution in [0.1, 0.15) is 48.5 Å². The van der Waals surface area contributed by atoms with Crippen LogP contribution in [0.3, 0.4) is 0 Å². The van der Waals surface area contributed by atoms with Gasteiger partial charge in [-0.25, -0.2) is 0 Å². The molecule has 4 atom stereocenters. The molecule has 1 aromatic heterocycles. The van der Waals surface area contributed by atoms with E-state index in [-0.39, 0.29) is 30.6 Å². The molecular formula is C31H34N4O4S. The number of rotatable bonds is 9. The van der Waals surface area contributed by atoms with Gasteiger partial charge in [0.1, 0.15) is 6.33 Å². The topological polar surface area (TPSA) is 98.5 Å². The molecule has 208 valence electrons. The van der Waals surface area contributed by atoms with Crippen molar-refractivity contribution >= 4 is 17.7 Å². The minimum atomic E-state index is -0.549. The minimum absolute atomic E-state index is 0.00432. The number of ether oxygens (including phenoxy) is 2. The Morgan fingerprint density at radius 1 is 1.02 bits per heavy atom. The summed E-state index contributed by atoms with van der Waals surface area (Å²) < 4.78 is 15.1. The lowest BCUT2D eigenvalue weighted by Crippen LogP contribution is -2.38. The zero-order valence-electron chi connectivity index (χ0n) is 22.9. The van der Waals surface area contributed by atoms with Gasteiger partial charge in [-0.2, -0.15) is 0 Å². The first kappa shape index (κ1) is 28.0. The highest BCUT2D eigenvalue weighted by Crippen LogP contribution is 2.43. The molecule has 0 saturated carbocycles. The molecule has 0 unspecified atom stereocenters. The van der Waals surface area contributed by atoms with Crippen molar-refractivity contribution in [3.63, 3.8) is 0 Å². The Kier molecular flexibility index (Phi) is 8.96. The molecule has 1 aliphatic heterocycles. The average molecular weight is 559 g/mol. The number of nitrogens with zero attached hydrogens (tertiary/aromatic N) is 3. The summed E-state index contributed by atoms with van der Waals surface area (Å²) in [6, 6.07) is 24.2. The van der Waals surface area contributed by atoms with Gasteiger partial charge in [-0.05, 0) is 27.8 Å². The molecule has 0 bridgehead atoms. The van der Waals surface area contributed by atoms with Crippen LogP contribution in [0, 0.1) is 5.92 Å². The van der Waals surface area contributed by atoms with Gasteiger partial charge < -0.3 is 24.5 Å². The highest BCUT2D eigenvalue weighted by molar-refractivity contribution is 7.99. The Balaban J connectivity index is 1.39. The zero-order chi connectivity index (χ0) is 28.1. The van der Waals surface area contributed by atoms with Crippen molar-refractivity contribution in [3.8, 4) is 11.1 Å². The maximum absolute atomic E-state index is 11.5. The van der Waals surface area contributed by atoms with Gasteiger partial charge in [-0.15, -0.1) is 10.2 Å². The number of aromatic nitrogens is 3. The Morgan fingerprint density at radius 3 is 2.42 bits per heavy atom. The van der Waals surface area contributed by atoms with E-state index in [9.17, 15) is 9.90 Å². The van der Waals surface area contributed by atoms with Crippen LogP contribution in [0.25, 0.3) is 11.1 Å². The van der Waals surface area contributed by atoms with Crippen molar-refractivity contribution in [2.75, 3.05) is 5.75 Å². The number of hydrogen-bond acceptors (Lipinski definition) is 7. The van der Waals surface area contributed by atoms with E-state index < -0.39 is 6.29 Å². The van der Waals surface area contributed by atoms with Gasteiger partial charge in [0.15, 0.2) is 11.4 Å². The van der Waals surface area contributed by atoms with Crippen molar-refractivity contribution in [2.24, 2.45) is 13.0 Å². The summed E-state index contributed by atoms with van der Waals surface area (Å²) in [5, 5.41) is 21.4.